The second kappa shape index (κ2) is 8.29. The van der Waals surface area contributed by atoms with Gasteiger partial charge in [-0.1, -0.05) is 51.8 Å². The summed E-state index contributed by atoms with van der Waals surface area (Å²) in [6, 6.07) is 11.3. The smallest absolute Gasteiger partial charge is 0.322 e. The van der Waals surface area contributed by atoms with E-state index in [9.17, 15) is 9.18 Å². The minimum absolute atomic E-state index is 0.00225. The maximum absolute atomic E-state index is 13.9. The van der Waals surface area contributed by atoms with Gasteiger partial charge in [0.05, 0.1) is 17.3 Å². The van der Waals surface area contributed by atoms with Crippen LogP contribution >= 0.6 is 27.5 Å². The molecule has 122 valence electrons. The van der Waals surface area contributed by atoms with Gasteiger partial charge in [0.15, 0.2) is 5.82 Å². The molecule has 2 amide bonds. The number of nitrogens with one attached hydrogen (secondary N) is 1. The van der Waals surface area contributed by atoms with Gasteiger partial charge in [0.1, 0.15) is 0 Å². The van der Waals surface area contributed by atoms with Crippen molar-refractivity contribution in [2.45, 2.75) is 6.54 Å². The predicted molar refractivity (Wildman–Crippen MR) is 92.1 cm³/mol. The number of aliphatic hydroxyl groups excluding tert-OH is 1. The van der Waals surface area contributed by atoms with Gasteiger partial charge in [-0.3, -0.25) is 0 Å². The quantitative estimate of drug-likeness (QED) is 0.786. The lowest BCUT2D eigenvalue weighted by molar-refractivity contribution is 0.185. The highest BCUT2D eigenvalue weighted by Gasteiger charge is 2.17. The third-order valence-corrected chi connectivity index (χ3v) is 4.23. The van der Waals surface area contributed by atoms with Crippen LogP contribution in [0.5, 0.6) is 0 Å². The highest BCUT2D eigenvalue weighted by molar-refractivity contribution is 9.10. The van der Waals surface area contributed by atoms with Gasteiger partial charge in [-0.15, -0.1) is 0 Å². The molecule has 7 heteroatoms. The van der Waals surface area contributed by atoms with Crippen LogP contribution in [0.3, 0.4) is 0 Å². The van der Waals surface area contributed by atoms with Crippen molar-refractivity contribution in [1.29, 1.82) is 0 Å². The zero-order valence-corrected chi connectivity index (χ0v) is 14.4. The minimum Gasteiger partial charge on any atom is -0.395 e. The fraction of sp³-hybridized carbons (Fsp3) is 0.188. The number of anilines is 1. The Hall–Kier alpha value is -1.63. The number of amides is 2. The Bertz CT molecular complexity index is 700. The first kappa shape index (κ1) is 17.7. The molecule has 0 spiro atoms. The third kappa shape index (κ3) is 4.67. The van der Waals surface area contributed by atoms with E-state index in [2.05, 4.69) is 21.2 Å². The largest absolute Gasteiger partial charge is 0.395 e. The van der Waals surface area contributed by atoms with Crippen molar-refractivity contribution in [1.82, 2.24) is 4.90 Å². The van der Waals surface area contributed by atoms with E-state index in [0.717, 1.165) is 10.0 Å². The van der Waals surface area contributed by atoms with Crippen molar-refractivity contribution in [2.75, 3.05) is 18.5 Å². The number of hydrogen-bond donors (Lipinski definition) is 2. The van der Waals surface area contributed by atoms with E-state index in [1.54, 1.807) is 6.07 Å². The first-order valence-corrected chi connectivity index (χ1v) is 8.04. The molecule has 2 rings (SSSR count). The highest BCUT2D eigenvalue weighted by Crippen LogP contribution is 2.23. The summed E-state index contributed by atoms with van der Waals surface area (Å²) < 4.78 is 14.7. The van der Waals surface area contributed by atoms with E-state index in [-0.39, 0.29) is 30.4 Å². The van der Waals surface area contributed by atoms with Gasteiger partial charge in [0.25, 0.3) is 0 Å². The van der Waals surface area contributed by atoms with Crippen LogP contribution in [0.25, 0.3) is 0 Å². The summed E-state index contributed by atoms with van der Waals surface area (Å²) in [7, 11) is 0. The fourth-order valence-electron chi connectivity index (χ4n) is 2.00. The van der Waals surface area contributed by atoms with Crippen LogP contribution < -0.4 is 5.32 Å². The van der Waals surface area contributed by atoms with Crippen molar-refractivity contribution in [3.8, 4) is 0 Å². The molecule has 0 unspecified atom stereocenters. The lowest BCUT2D eigenvalue weighted by atomic mass is 10.2. The van der Waals surface area contributed by atoms with E-state index >= 15 is 0 Å². The van der Waals surface area contributed by atoms with Crippen molar-refractivity contribution in [2.24, 2.45) is 0 Å². The van der Waals surface area contributed by atoms with Crippen LogP contribution in [0.4, 0.5) is 14.9 Å². The molecule has 0 aliphatic heterocycles. The summed E-state index contributed by atoms with van der Waals surface area (Å²) in [5.74, 6) is -0.688. The van der Waals surface area contributed by atoms with E-state index in [4.69, 9.17) is 16.7 Å². The van der Waals surface area contributed by atoms with Gasteiger partial charge in [0.2, 0.25) is 0 Å². The lowest BCUT2D eigenvalue weighted by Crippen LogP contribution is -2.36. The van der Waals surface area contributed by atoms with Crippen LogP contribution in [0, 0.1) is 5.82 Å². The number of halogens is 3. The topological polar surface area (TPSA) is 52.6 Å². The lowest BCUT2D eigenvalue weighted by Gasteiger charge is -2.23. The molecule has 0 saturated heterocycles. The van der Waals surface area contributed by atoms with E-state index in [1.165, 1.54) is 17.0 Å². The van der Waals surface area contributed by atoms with Crippen LogP contribution in [0.15, 0.2) is 46.9 Å². The van der Waals surface area contributed by atoms with E-state index in [1.807, 2.05) is 24.3 Å². The second-order valence-corrected chi connectivity index (χ2v) is 6.03. The standard InChI is InChI=1S/C16H15BrClFN2O2/c17-12-5-2-1-4-11(12)10-21(8-9-22)16(23)20-14-7-3-6-13(18)15(14)19/h1-7,22H,8-10H2,(H,20,23). The van der Waals surface area contributed by atoms with Crippen LogP contribution in [-0.4, -0.2) is 29.2 Å². The number of rotatable bonds is 5. The molecule has 0 fully saturated rings. The zero-order chi connectivity index (χ0) is 16.8. The zero-order valence-electron chi connectivity index (χ0n) is 12.1. The Morgan fingerprint density at radius 3 is 2.70 bits per heavy atom. The van der Waals surface area contributed by atoms with Crippen LogP contribution in [0.1, 0.15) is 5.56 Å². The van der Waals surface area contributed by atoms with Crippen LogP contribution in [-0.2, 0) is 6.54 Å². The van der Waals surface area contributed by atoms with Gasteiger partial charge >= 0.3 is 6.03 Å². The summed E-state index contributed by atoms with van der Waals surface area (Å²) >= 11 is 9.12. The van der Waals surface area contributed by atoms with E-state index in [0.29, 0.717) is 0 Å². The number of aliphatic hydroxyl groups is 1. The number of urea groups is 1. The Kier molecular flexibility index (Phi) is 6.38. The van der Waals surface area contributed by atoms with Gasteiger partial charge < -0.3 is 15.3 Å². The van der Waals surface area contributed by atoms with E-state index < -0.39 is 11.8 Å². The van der Waals surface area contributed by atoms with Crippen molar-refractivity contribution in [3.05, 3.63) is 63.3 Å². The molecular weight excluding hydrogens is 387 g/mol. The molecular formula is C16H15BrClFN2O2. The average molecular weight is 402 g/mol. The van der Waals surface area contributed by atoms with Gasteiger partial charge in [-0.2, -0.15) is 0 Å². The monoisotopic (exact) mass is 400 g/mol. The molecule has 0 heterocycles. The minimum atomic E-state index is -0.688. The van der Waals surface area contributed by atoms with Crippen molar-refractivity contribution in [3.63, 3.8) is 0 Å². The molecule has 4 nitrogen and oxygen atoms in total. The molecule has 0 radical (unpaired) electrons. The summed E-state index contributed by atoms with van der Waals surface area (Å²) in [5.41, 5.74) is 0.875. The van der Waals surface area contributed by atoms with Gasteiger partial charge in [-0.05, 0) is 23.8 Å². The Morgan fingerprint density at radius 2 is 2.00 bits per heavy atom. The summed E-state index contributed by atoms with van der Waals surface area (Å²) in [6.45, 7) is 0.196. The molecule has 2 aromatic carbocycles. The first-order chi connectivity index (χ1) is 11.0. The normalized spacial score (nSPS) is 10.4. The molecule has 0 aliphatic carbocycles. The number of hydrogen-bond acceptors (Lipinski definition) is 2. The summed E-state index contributed by atoms with van der Waals surface area (Å²) in [4.78, 5) is 13.7. The Balaban J connectivity index is 2.15. The molecule has 0 aliphatic rings. The predicted octanol–water partition coefficient (Wildman–Crippen LogP) is 4.27. The fourth-order valence-corrected chi connectivity index (χ4v) is 2.58. The maximum Gasteiger partial charge on any atom is 0.322 e. The maximum atomic E-state index is 13.9. The number of nitrogens with zero attached hydrogens (tertiary/aromatic N) is 1. The van der Waals surface area contributed by atoms with Gasteiger partial charge in [-0.25, -0.2) is 9.18 Å². The first-order valence-electron chi connectivity index (χ1n) is 6.87. The molecule has 23 heavy (non-hydrogen) atoms. The molecule has 0 atom stereocenters. The highest BCUT2D eigenvalue weighted by atomic mass is 79.9. The van der Waals surface area contributed by atoms with Crippen LogP contribution in [0.2, 0.25) is 5.02 Å². The average Bonchev–Trinajstić information content (AvgIpc) is 2.53. The third-order valence-electron chi connectivity index (χ3n) is 3.17. The SMILES string of the molecule is O=C(Nc1cccc(Cl)c1F)N(CCO)Cc1ccccc1Br. The number of carbonyl (C=O) groups excluding carboxylic acids is 1. The van der Waals surface area contributed by atoms with Crippen molar-refractivity contribution < 1.29 is 14.3 Å². The second-order valence-electron chi connectivity index (χ2n) is 4.77. The number of carbonyl (C=O) groups is 1. The molecule has 2 aromatic rings. The Morgan fingerprint density at radius 1 is 1.26 bits per heavy atom. The molecule has 2 N–H and O–H groups in total. The summed E-state index contributed by atoms with van der Waals surface area (Å²) in [5, 5.41) is 11.6. The van der Waals surface area contributed by atoms with Crippen molar-refractivity contribution >= 4 is 39.2 Å². The molecule has 0 aromatic heterocycles. The molecule has 0 saturated carbocycles. The molecule has 0 bridgehead atoms. The van der Waals surface area contributed by atoms with Gasteiger partial charge in [0, 0.05) is 17.6 Å². The number of benzene rings is 2. The Labute approximate surface area is 147 Å². The summed E-state index contributed by atoms with van der Waals surface area (Å²) in [6.07, 6.45) is 0.